The summed E-state index contributed by atoms with van der Waals surface area (Å²) in [6, 6.07) is 12.1. The first-order chi connectivity index (χ1) is 10.5. The van der Waals surface area contributed by atoms with Crippen molar-refractivity contribution >= 4 is 34.6 Å². The zero-order valence-corrected chi connectivity index (χ0v) is 14.8. The lowest BCUT2D eigenvalue weighted by atomic mass is 10.1. The fourth-order valence-corrected chi connectivity index (χ4v) is 2.72. The molecular formula is C17H16IN3O. The van der Waals surface area contributed by atoms with E-state index in [-0.39, 0.29) is 11.5 Å². The fourth-order valence-electron chi connectivity index (χ4n) is 2.36. The number of benzene rings is 1. The number of nitriles is 1. The van der Waals surface area contributed by atoms with Gasteiger partial charge in [0.2, 0.25) is 0 Å². The van der Waals surface area contributed by atoms with Crippen molar-refractivity contribution in [1.82, 2.24) is 9.88 Å². The number of nitrogens with zero attached hydrogens (tertiary/aromatic N) is 2. The van der Waals surface area contributed by atoms with Crippen LogP contribution < -0.4 is 5.32 Å². The van der Waals surface area contributed by atoms with E-state index in [1.807, 2.05) is 26.0 Å². The van der Waals surface area contributed by atoms with Crippen LogP contribution in [0.15, 0.2) is 35.9 Å². The summed E-state index contributed by atoms with van der Waals surface area (Å²) >= 11 is 2.27. The van der Waals surface area contributed by atoms with E-state index >= 15 is 0 Å². The Morgan fingerprint density at radius 3 is 2.50 bits per heavy atom. The molecule has 1 aromatic carbocycles. The van der Waals surface area contributed by atoms with Crippen LogP contribution in [0, 0.1) is 28.7 Å². The largest absolute Gasteiger partial charge is 0.354 e. The topological polar surface area (TPSA) is 57.8 Å². The van der Waals surface area contributed by atoms with E-state index in [0.717, 1.165) is 22.6 Å². The molecule has 0 aliphatic heterocycles. The number of carbonyl (C=O) groups excluding carboxylic acids is 1. The monoisotopic (exact) mass is 405 g/mol. The van der Waals surface area contributed by atoms with Gasteiger partial charge < -0.3 is 9.88 Å². The molecule has 0 aliphatic rings. The van der Waals surface area contributed by atoms with Gasteiger partial charge in [0.25, 0.3) is 5.91 Å². The van der Waals surface area contributed by atoms with Gasteiger partial charge in [-0.2, -0.15) is 5.26 Å². The van der Waals surface area contributed by atoms with Gasteiger partial charge in [0.1, 0.15) is 11.6 Å². The molecule has 22 heavy (non-hydrogen) atoms. The number of aromatic nitrogens is 1. The summed E-state index contributed by atoms with van der Waals surface area (Å²) in [5.74, 6) is -0.374. The molecule has 1 N–H and O–H groups in total. The third kappa shape index (κ3) is 3.22. The number of rotatable bonds is 3. The number of likely N-dealkylation sites (N-methyl/N-ethyl adjacent to an activating group) is 1. The van der Waals surface area contributed by atoms with Crippen molar-refractivity contribution in [3.05, 3.63) is 56.4 Å². The van der Waals surface area contributed by atoms with Gasteiger partial charge in [-0.1, -0.05) is 0 Å². The first-order valence-electron chi connectivity index (χ1n) is 6.76. The van der Waals surface area contributed by atoms with Crippen molar-refractivity contribution in [3.63, 3.8) is 0 Å². The van der Waals surface area contributed by atoms with Crippen molar-refractivity contribution in [1.29, 1.82) is 5.26 Å². The molecular weight excluding hydrogens is 389 g/mol. The van der Waals surface area contributed by atoms with Crippen LogP contribution in [-0.2, 0) is 4.79 Å². The Morgan fingerprint density at radius 1 is 1.32 bits per heavy atom. The summed E-state index contributed by atoms with van der Waals surface area (Å²) in [5, 5.41) is 11.6. The third-order valence-corrected chi connectivity index (χ3v) is 4.17. The summed E-state index contributed by atoms with van der Waals surface area (Å²) < 4.78 is 3.29. The summed E-state index contributed by atoms with van der Waals surface area (Å²) in [6.45, 7) is 3.99. The summed E-state index contributed by atoms with van der Waals surface area (Å²) in [7, 11) is 1.52. The summed E-state index contributed by atoms with van der Waals surface area (Å²) in [5.41, 5.74) is 4.09. The lowest BCUT2D eigenvalue weighted by Crippen LogP contribution is -2.19. The highest BCUT2D eigenvalue weighted by Crippen LogP contribution is 2.23. The van der Waals surface area contributed by atoms with E-state index in [1.165, 1.54) is 10.6 Å². The van der Waals surface area contributed by atoms with E-state index in [0.29, 0.717) is 0 Å². The van der Waals surface area contributed by atoms with Crippen molar-refractivity contribution in [2.45, 2.75) is 13.8 Å². The smallest absolute Gasteiger partial charge is 0.261 e. The zero-order valence-electron chi connectivity index (χ0n) is 12.6. The lowest BCUT2D eigenvalue weighted by Gasteiger charge is -2.09. The highest BCUT2D eigenvalue weighted by Gasteiger charge is 2.12. The van der Waals surface area contributed by atoms with Gasteiger partial charge in [-0.05, 0) is 78.4 Å². The van der Waals surface area contributed by atoms with Crippen LogP contribution in [-0.4, -0.2) is 17.5 Å². The van der Waals surface area contributed by atoms with Crippen LogP contribution in [0.25, 0.3) is 11.8 Å². The Kier molecular flexibility index (Phi) is 5.03. The minimum absolute atomic E-state index is 0.102. The number of carbonyl (C=O) groups is 1. The normalized spacial score (nSPS) is 11.1. The Hall–Kier alpha value is -2.07. The molecule has 0 spiro atoms. The Morgan fingerprint density at radius 2 is 1.95 bits per heavy atom. The second kappa shape index (κ2) is 6.79. The Labute approximate surface area is 143 Å². The van der Waals surface area contributed by atoms with Crippen LogP contribution in [0.5, 0.6) is 0 Å². The molecule has 5 heteroatoms. The van der Waals surface area contributed by atoms with Gasteiger partial charge in [0.05, 0.1) is 0 Å². The second-order valence-corrected chi connectivity index (χ2v) is 6.13. The zero-order chi connectivity index (χ0) is 16.3. The molecule has 0 fully saturated rings. The van der Waals surface area contributed by atoms with E-state index in [9.17, 15) is 4.79 Å². The maximum absolute atomic E-state index is 11.6. The average molecular weight is 405 g/mol. The molecule has 1 heterocycles. The van der Waals surface area contributed by atoms with Gasteiger partial charge in [-0.3, -0.25) is 4.79 Å². The quantitative estimate of drug-likeness (QED) is 0.484. The maximum atomic E-state index is 11.6. The number of hydrogen-bond donors (Lipinski definition) is 1. The first kappa shape index (κ1) is 16.3. The van der Waals surface area contributed by atoms with Crippen LogP contribution in [0.3, 0.4) is 0 Å². The van der Waals surface area contributed by atoms with Crippen molar-refractivity contribution < 1.29 is 4.79 Å². The standard InChI is InChI=1S/C17H16IN3O/c1-11-8-13(9-14(10-19)17(22)20-3)12(2)21(11)16-6-4-15(18)5-7-16/h4-9H,1-3H3,(H,20,22)/b14-9+. The van der Waals surface area contributed by atoms with Gasteiger partial charge in [0, 0.05) is 27.7 Å². The molecule has 112 valence electrons. The average Bonchev–Trinajstić information content (AvgIpc) is 2.79. The molecule has 0 saturated carbocycles. The molecule has 2 rings (SSSR count). The Balaban J connectivity index is 2.52. The molecule has 4 nitrogen and oxygen atoms in total. The van der Waals surface area contributed by atoms with Gasteiger partial charge in [0.15, 0.2) is 0 Å². The van der Waals surface area contributed by atoms with Crippen LogP contribution in [0.1, 0.15) is 17.0 Å². The molecule has 0 atom stereocenters. The molecule has 0 radical (unpaired) electrons. The molecule has 2 aromatic rings. The molecule has 0 saturated heterocycles. The van der Waals surface area contributed by atoms with Gasteiger partial charge in [-0.25, -0.2) is 0 Å². The van der Waals surface area contributed by atoms with E-state index in [4.69, 9.17) is 5.26 Å². The summed E-state index contributed by atoms with van der Waals surface area (Å²) in [6.07, 6.45) is 1.63. The van der Waals surface area contributed by atoms with E-state index in [1.54, 1.807) is 6.08 Å². The molecule has 0 bridgehead atoms. The van der Waals surface area contributed by atoms with E-state index in [2.05, 4.69) is 56.7 Å². The first-order valence-corrected chi connectivity index (χ1v) is 7.84. The van der Waals surface area contributed by atoms with Crippen LogP contribution in [0.4, 0.5) is 0 Å². The minimum atomic E-state index is -0.374. The minimum Gasteiger partial charge on any atom is -0.354 e. The van der Waals surface area contributed by atoms with Crippen molar-refractivity contribution in [3.8, 4) is 11.8 Å². The summed E-state index contributed by atoms with van der Waals surface area (Å²) in [4.78, 5) is 11.6. The molecule has 1 aromatic heterocycles. The van der Waals surface area contributed by atoms with Crippen molar-refractivity contribution in [2.75, 3.05) is 7.05 Å². The fraction of sp³-hybridized carbons (Fsp3) is 0.176. The maximum Gasteiger partial charge on any atom is 0.261 e. The second-order valence-electron chi connectivity index (χ2n) is 4.89. The Bertz CT molecular complexity index is 779. The predicted octanol–water partition coefficient (Wildman–Crippen LogP) is 3.35. The molecule has 0 aliphatic carbocycles. The number of hydrogen-bond acceptors (Lipinski definition) is 2. The third-order valence-electron chi connectivity index (χ3n) is 3.45. The highest BCUT2D eigenvalue weighted by atomic mass is 127. The molecule has 0 unspecified atom stereocenters. The number of nitrogens with one attached hydrogen (secondary N) is 1. The van der Waals surface area contributed by atoms with E-state index < -0.39 is 0 Å². The number of amides is 1. The van der Waals surface area contributed by atoms with Gasteiger partial charge >= 0.3 is 0 Å². The SMILES string of the molecule is CNC(=O)/C(C#N)=C/c1cc(C)n(-c2ccc(I)cc2)c1C. The van der Waals surface area contributed by atoms with Crippen molar-refractivity contribution in [2.24, 2.45) is 0 Å². The lowest BCUT2D eigenvalue weighted by molar-refractivity contribution is -0.116. The number of aryl methyl sites for hydroxylation is 1. The predicted molar refractivity (Wildman–Crippen MR) is 95.6 cm³/mol. The highest BCUT2D eigenvalue weighted by molar-refractivity contribution is 14.1. The molecule has 1 amide bonds. The van der Waals surface area contributed by atoms with Gasteiger partial charge in [-0.15, -0.1) is 0 Å². The van der Waals surface area contributed by atoms with Crippen LogP contribution >= 0.6 is 22.6 Å². The van der Waals surface area contributed by atoms with Crippen LogP contribution in [0.2, 0.25) is 0 Å². The number of halogens is 1.